The molecular weight excluding hydrogens is 100 g/mol. The summed E-state index contributed by atoms with van der Waals surface area (Å²) in [6.07, 6.45) is 3.25. The van der Waals surface area contributed by atoms with Gasteiger partial charge < -0.3 is 0 Å². The van der Waals surface area contributed by atoms with E-state index in [0.717, 1.165) is 0 Å². The van der Waals surface area contributed by atoms with Crippen LogP contribution in [0.15, 0.2) is 9.98 Å². The van der Waals surface area contributed by atoms with Gasteiger partial charge in [0, 0.05) is 12.4 Å². The Labute approximate surface area is 49.4 Å². The Morgan fingerprint density at radius 2 is 1.38 bits per heavy atom. The Morgan fingerprint density at radius 3 is 1.62 bits per heavy atom. The minimum absolute atomic E-state index is 1.62. The van der Waals surface area contributed by atoms with E-state index < -0.39 is 0 Å². The summed E-state index contributed by atoms with van der Waals surface area (Å²) in [6, 6.07) is 4.92. The third kappa shape index (κ3) is 4.90. The molecule has 0 atom stereocenters. The van der Waals surface area contributed by atoms with Crippen molar-refractivity contribution >= 4 is 12.4 Å². The summed E-state index contributed by atoms with van der Waals surface area (Å²) >= 11 is 0. The van der Waals surface area contributed by atoms with Gasteiger partial charge in [-0.2, -0.15) is 0 Å². The summed E-state index contributed by atoms with van der Waals surface area (Å²) in [7, 11) is 0. The first-order valence-corrected chi connectivity index (χ1v) is 2.37. The highest BCUT2D eigenvalue weighted by Crippen LogP contribution is 1.60. The molecule has 0 saturated heterocycles. The lowest BCUT2D eigenvalue weighted by molar-refractivity contribution is 1.62. The van der Waals surface area contributed by atoms with Gasteiger partial charge in [0.1, 0.15) is 0 Å². The monoisotopic (exact) mass is 108 g/mol. The van der Waals surface area contributed by atoms with Crippen LogP contribution in [0.2, 0.25) is 0 Å². The maximum absolute atomic E-state index is 3.61. The molecule has 0 N–H and O–H groups in total. The molecule has 0 unspecified atom stereocenters. The molecule has 0 aliphatic heterocycles. The number of rotatable bonds is 0. The summed E-state index contributed by atoms with van der Waals surface area (Å²) in [5.74, 6) is 0. The van der Waals surface area contributed by atoms with Crippen LogP contribution in [0.5, 0.6) is 0 Å². The van der Waals surface area contributed by atoms with Crippen LogP contribution in [-0.2, 0) is 0 Å². The van der Waals surface area contributed by atoms with Crippen molar-refractivity contribution in [2.75, 3.05) is 0 Å². The third-order valence-corrected chi connectivity index (χ3v) is 0.437. The van der Waals surface area contributed by atoms with E-state index >= 15 is 0 Å². The number of aliphatic imine (C=N–C) groups is 2. The van der Waals surface area contributed by atoms with E-state index in [2.05, 4.69) is 22.1 Å². The lowest BCUT2D eigenvalue weighted by Crippen LogP contribution is -1.56. The summed E-state index contributed by atoms with van der Waals surface area (Å²) in [4.78, 5) is 7.22. The number of hydrogen-bond acceptors (Lipinski definition) is 2. The largest absolute Gasteiger partial charge is 0.209 e. The van der Waals surface area contributed by atoms with E-state index in [9.17, 15) is 0 Å². The number of nitrogens with zero attached hydrogens (tertiary/aromatic N) is 2. The molecule has 0 heterocycles. The summed E-state index contributed by atoms with van der Waals surface area (Å²) in [6.45, 7) is 3.62. The lowest BCUT2D eigenvalue weighted by Gasteiger charge is -1.62. The topological polar surface area (TPSA) is 24.7 Å². The molecule has 0 aromatic rings. The van der Waals surface area contributed by atoms with Gasteiger partial charge in [0.2, 0.25) is 0 Å². The summed E-state index contributed by atoms with van der Waals surface area (Å²) < 4.78 is 0. The molecule has 0 radical (unpaired) electrons. The van der Waals surface area contributed by atoms with Gasteiger partial charge in [0.15, 0.2) is 0 Å². The van der Waals surface area contributed by atoms with Crippen molar-refractivity contribution in [2.45, 2.75) is 13.8 Å². The van der Waals surface area contributed by atoms with Crippen LogP contribution in [0.4, 0.5) is 0 Å². The zero-order chi connectivity index (χ0) is 6.24. The van der Waals surface area contributed by atoms with Crippen molar-refractivity contribution in [1.82, 2.24) is 0 Å². The zero-order valence-electron chi connectivity index (χ0n) is 5.05. The van der Waals surface area contributed by atoms with Gasteiger partial charge in [0.25, 0.3) is 0 Å². The van der Waals surface area contributed by atoms with Gasteiger partial charge in [-0.15, -0.1) is 0 Å². The SMILES string of the molecule is C/C=N\C#C/N=C\C. The highest BCUT2D eigenvalue weighted by Gasteiger charge is 1.52. The predicted molar refractivity (Wildman–Crippen MR) is 36.1 cm³/mol. The smallest absolute Gasteiger partial charge is 0.0590 e. The fourth-order valence-corrected chi connectivity index (χ4v) is 0.187. The van der Waals surface area contributed by atoms with Crippen molar-refractivity contribution in [3.8, 4) is 12.1 Å². The molecule has 2 nitrogen and oxygen atoms in total. The Bertz CT molecular complexity index is 130. The highest BCUT2D eigenvalue weighted by atomic mass is 14.7. The van der Waals surface area contributed by atoms with E-state index in [-0.39, 0.29) is 0 Å². The molecule has 0 aliphatic carbocycles. The molecule has 0 spiro atoms. The van der Waals surface area contributed by atoms with Gasteiger partial charge in [-0.05, 0) is 13.8 Å². The zero-order valence-corrected chi connectivity index (χ0v) is 5.05. The molecular formula is C6H8N2. The van der Waals surface area contributed by atoms with E-state index in [1.807, 2.05) is 13.8 Å². The summed E-state index contributed by atoms with van der Waals surface area (Å²) in [5.41, 5.74) is 0. The molecule has 42 valence electrons. The fourth-order valence-electron chi connectivity index (χ4n) is 0.187. The van der Waals surface area contributed by atoms with Gasteiger partial charge in [-0.3, -0.25) is 0 Å². The minimum atomic E-state index is 1.62. The van der Waals surface area contributed by atoms with Crippen LogP contribution in [0.1, 0.15) is 13.8 Å². The quantitative estimate of drug-likeness (QED) is 0.328. The first-order valence-electron chi connectivity index (χ1n) is 2.37. The first-order chi connectivity index (χ1) is 3.91. The van der Waals surface area contributed by atoms with Crippen LogP contribution >= 0.6 is 0 Å². The Balaban J connectivity index is 3.51. The first kappa shape index (κ1) is 6.90. The molecule has 0 bridgehead atoms. The molecule has 0 aromatic carbocycles. The molecule has 8 heavy (non-hydrogen) atoms. The Hall–Kier alpha value is -1.10. The van der Waals surface area contributed by atoms with Crippen molar-refractivity contribution < 1.29 is 0 Å². The van der Waals surface area contributed by atoms with Crippen LogP contribution < -0.4 is 0 Å². The van der Waals surface area contributed by atoms with Gasteiger partial charge in [-0.1, -0.05) is 0 Å². The molecule has 0 aliphatic rings. The van der Waals surface area contributed by atoms with E-state index in [1.165, 1.54) is 0 Å². The average molecular weight is 108 g/mol. The normalized spacial score (nSPS) is 9.75. The Kier molecular flexibility index (Phi) is 5.09. The van der Waals surface area contributed by atoms with E-state index in [4.69, 9.17) is 0 Å². The maximum Gasteiger partial charge on any atom is 0.0590 e. The lowest BCUT2D eigenvalue weighted by atomic mass is 10.8. The van der Waals surface area contributed by atoms with E-state index in [1.54, 1.807) is 12.4 Å². The maximum atomic E-state index is 3.61. The van der Waals surface area contributed by atoms with Gasteiger partial charge >= 0.3 is 0 Å². The van der Waals surface area contributed by atoms with Crippen LogP contribution in [0.3, 0.4) is 0 Å². The second kappa shape index (κ2) is 5.90. The molecule has 0 fully saturated rings. The molecule has 0 saturated carbocycles. The molecule has 0 rings (SSSR count). The number of hydrogen-bond donors (Lipinski definition) is 0. The van der Waals surface area contributed by atoms with Crippen LogP contribution in [0.25, 0.3) is 0 Å². The van der Waals surface area contributed by atoms with Crippen LogP contribution in [0, 0.1) is 12.1 Å². The van der Waals surface area contributed by atoms with Crippen molar-refractivity contribution in [3.05, 3.63) is 0 Å². The fraction of sp³-hybridized carbons (Fsp3) is 0.333. The highest BCUT2D eigenvalue weighted by molar-refractivity contribution is 5.56. The Morgan fingerprint density at radius 1 is 1.00 bits per heavy atom. The average Bonchev–Trinajstić information content (AvgIpc) is 1.81. The predicted octanol–water partition coefficient (Wildman–Crippen LogP) is 1.09. The minimum Gasteiger partial charge on any atom is -0.209 e. The van der Waals surface area contributed by atoms with E-state index in [0.29, 0.717) is 0 Å². The second-order valence-electron chi connectivity index (χ2n) is 0.998. The third-order valence-electron chi connectivity index (χ3n) is 0.437. The van der Waals surface area contributed by atoms with Crippen molar-refractivity contribution in [2.24, 2.45) is 9.98 Å². The molecule has 0 amide bonds. The second-order valence-corrected chi connectivity index (χ2v) is 0.998. The standard InChI is InChI=1S/C6H8N2/c1-3-7-5-6-8-4-2/h3-4H,1-2H3/b7-3-,8-4-. The van der Waals surface area contributed by atoms with Crippen molar-refractivity contribution in [3.63, 3.8) is 0 Å². The summed E-state index contributed by atoms with van der Waals surface area (Å²) in [5, 5.41) is 0. The molecule has 0 aromatic heterocycles. The van der Waals surface area contributed by atoms with Gasteiger partial charge in [-0.25, -0.2) is 9.98 Å². The van der Waals surface area contributed by atoms with Crippen molar-refractivity contribution in [1.29, 1.82) is 0 Å². The molecule has 2 heteroatoms. The van der Waals surface area contributed by atoms with Crippen LogP contribution in [-0.4, -0.2) is 12.4 Å². The van der Waals surface area contributed by atoms with Gasteiger partial charge in [0.05, 0.1) is 12.1 Å².